The third-order valence-electron chi connectivity index (χ3n) is 4.12. The Labute approximate surface area is 159 Å². The largest absolute Gasteiger partial charge is 0.338 e. The second kappa shape index (κ2) is 8.16. The number of amides is 2. The monoisotopic (exact) mass is 366 g/mol. The van der Waals surface area contributed by atoms with Gasteiger partial charge in [0.1, 0.15) is 11.5 Å². The molecular formula is C20H26N6O. The molecule has 27 heavy (non-hydrogen) atoms. The highest BCUT2D eigenvalue weighted by molar-refractivity contribution is 5.73. The highest BCUT2D eigenvalue weighted by Gasteiger charge is 2.17. The number of rotatable bonds is 6. The topological polar surface area (TPSA) is 84.2 Å². The zero-order valence-corrected chi connectivity index (χ0v) is 16.1. The molecule has 0 unspecified atom stereocenters. The van der Waals surface area contributed by atoms with Crippen molar-refractivity contribution in [3.63, 3.8) is 0 Å². The van der Waals surface area contributed by atoms with Crippen LogP contribution in [0.4, 0.5) is 4.79 Å². The average molecular weight is 366 g/mol. The van der Waals surface area contributed by atoms with Crippen molar-refractivity contribution in [3.8, 4) is 0 Å². The summed E-state index contributed by atoms with van der Waals surface area (Å²) in [6.45, 7) is 7.28. The van der Waals surface area contributed by atoms with E-state index >= 15 is 0 Å². The first-order valence-electron chi connectivity index (χ1n) is 9.18. The van der Waals surface area contributed by atoms with E-state index in [0.29, 0.717) is 13.1 Å². The molecule has 0 aromatic carbocycles. The predicted molar refractivity (Wildman–Crippen MR) is 104 cm³/mol. The Kier molecular flexibility index (Phi) is 5.69. The number of nitrogens with zero attached hydrogens (tertiary/aromatic N) is 4. The maximum Gasteiger partial charge on any atom is 0.315 e. The van der Waals surface area contributed by atoms with Gasteiger partial charge in [-0.25, -0.2) is 19.7 Å². The Hall–Kier alpha value is -2.96. The molecule has 0 fully saturated rings. The van der Waals surface area contributed by atoms with Gasteiger partial charge in [0.15, 0.2) is 0 Å². The highest BCUT2D eigenvalue weighted by atomic mass is 16.2. The van der Waals surface area contributed by atoms with Gasteiger partial charge in [-0.05, 0) is 31.0 Å². The molecule has 0 spiro atoms. The molecule has 0 saturated heterocycles. The Balaban J connectivity index is 1.39. The third-order valence-corrected chi connectivity index (χ3v) is 4.12. The summed E-state index contributed by atoms with van der Waals surface area (Å²) in [6, 6.07) is 7.56. The van der Waals surface area contributed by atoms with Gasteiger partial charge in [0, 0.05) is 36.2 Å². The number of pyridine rings is 1. The molecule has 0 atom stereocenters. The van der Waals surface area contributed by atoms with E-state index in [1.807, 2.05) is 41.1 Å². The third kappa shape index (κ3) is 5.26. The fourth-order valence-electron chi connectivity index (χ4n) is 2.67. The molecule has 2 amide bonds. The molecule has 3 aromatic rings. The second-order valence-corrected chi connectivity index (χ2v) is 7.53. The summed E-state index contributed by atoms with van der Waals surface area (Å²) in [4.78, 5) is 25.3. The van der Waals surface area contributed by atoms with Crippen molar-refractivity contribution >= 4 is 11.7 Å². The van der Waals surface area contributed by atoms with Crippen LogP contribution in [0.5, 0.6) is 0 Å². The van der Waals surface area contributed by atoms with E-state index in [-0.39, 0.29) is 11.4 Å². The van der Waals surface area contributed by atoms with Crippen LogP contribution in [0.1, 0.15) is 44.4 Å². The summed E-state index contributed by atoms with van der Waals surface area (Å²) in [7, 11) is 0. The van der Waals surface area contributed by atoms with Crippen molar-refractivity contribution in [2.24, 2.45) is 0 Å². The van der Waals surface area contributed by atoms with E-state index in [0.717, 1.165) is 35.7 Å². The highest BCUT2D eigenvalue weighted by Crippen LogP contribution is 2.17. The standard InChI is InChI=1S/C20H26N6O/c1-20(2,3)18-21-11-9-15(25-18)7-6-10-22-19(27)23-13-16-14-26-12-5-4-8-17(26)24-16/h4-5,8-9,11-12,14H,6-7,10,13H2,1-3H3,(H2,22,23,27). The minimum Gasteiger partial charge on any atom is -0.338 e. The van der Waals surface area contributed by atoms with Gasteiger partial charge < -0.3 is 15.0 Å². The van der Waals surface area contributed by atoms with Crippen molar-refractivity contribution in [3.05, 3.63) is 60.1 Å². The normalized spacial score (nSPS) is 11.5. The Morgan fingerprint density at radius 1 is 1.11 bits per heavy atom. The first kappa shape index (κ1) is 18.8. The molecule has 0 aliphatic rings. The number of fused-ring (bicyclic) bond motifs is 1. The summed E-state index contributed by atoms with van der Waals surface area (Å²) in [5.74, 6) is 0.846. The zero-order chi connectivity index (χ0) is 19.3. The van der Waals surface area contributed by atoms with Gasteiger partial charge in [-0.1, -0.05) is 26.8 Å². The van der Waals surface area contributed by atoms with Crippen molar-refractivity contribution in [1.29, 1.82) is 0 Å². The number of carbonyl (C=O) groups excluding carboxylic acids is 1. The summed E-state index contributed by atoms with van der Waals surface area (Å²) in [5, 5.41) is 5.71. The van der Waals surface area contributed by atoms with Crippen LogP contribution in [0.15, 0.2) is 42.9 Å². The minimum atomic E-state index is -0.190. The average Bonchev–Trinajstić information content (AvgIpc) is 3.06. The first-order valence-corrected chi connectivity index (χ1v) is 9.18. The number of hydrogen-bond donors (Lipinski definition) is 2. The summed E-state index contributed by atoms with van der Waals surface area (Å²) in [6.07, 6.45) is 7.28. The van der Waals surface area contributed by atoms with Crippen LogP contribution >= 0.6 is 0 Å². The smallest absolute Gasteiger partial charge is 0.315 e. The lowest BCUT2D eigenvalue weighted by atomic mass is 9.95. The van der Waals surface area contributed by atoms with Gasteiger partial charge >= 0.3 is 6.03 Å². The summed E-state index contributed by atoms with van der Waals surface area (Å²) in [5.41, 5.74) is 2.63. The molecule has 7 heteroatoms. The molecule has 0 aliphatic heterocycles. The van der Waals surface area contributed by atoms with Crippen LogP contribution in [0, 0.1) is 0 Å². The molecule has 0 saturated carbocycles. The zero-order valence-electron chi connectivity index (χ0n) is 16.1. The van der Waals surface area contributed by atoms with Crippen molar-refractivity contribution < 1.29 is 4.79 Å². The van der Waals surface area contributed by atoms with E-state index in [1.54, 1.807) is 6.20 Å². The number of hydrogen-bond acceptors (Lipinski definition) is 4. The SMILES string of the molecule is CC(C)(C)c1nccc(CCCNC(=O)NCc2cn3ccccc3n2)n1. The summed E-state index contributed by atoms with van der Waals surface area (Å²) >= 11 is 0. The Morgan fingerprint density at radius 2 is 1.96 bits per heavy atom. The molecule has 142 valence electrons. The van der Waals surface area contributed by atoms with E-state index in [9.17, 15) is 4.79 Å². The lowest BCUT2D eigenvalue weighted by Gasteiger charge is -2.16. The molecule has 3 rings (SSSR count). The van der Waals surface area contributed by atoms with Crippen LogP contribution in [0.25, 0.3) is 5.65 Å². The van der Waals surface area contributed by atoms with Crippen LogP contribution in [-0.2, 0) is 18.4 Å². The van der Waals surface area contributed by atoms with Crippen molar-refractivity contribution in [1.82, 2.24) is 30.0 Å². The number of carbonyl (C=O) groups is 1. The molecule has 0 aliphatic carbocycles. The van der Waals surface area contributed by atoms with Crippen LogP contribution < -0.4 is 10.6 Å². The van der Waals surface area contributed by atoms with Crippen LogP contribution in [-0.4, -0.2) is 31.9 Å². The van der Waals surface area contributed by atoms with E-state index < -0.39 is 0 Å². The van der Waals surface area contributed by atoms with Gasteiger partial charge in [0.2, 0.25) is 0 Å². The maximum atomic E-state index is 11.9. The first-order chi connectivity index (χ1) is 12.9. The lowest BCUT2D eigenvalue weighted by Crippen LogP contribution is -2.35. The van der Waals surface area contributed by atoms with Gasteiger partial charge in [-0.2, -0.15) is 0 Å². The number of aromatic nitrogens is 4. The molecule has 0 radical (unpaired) electrons. The molecule has 2 N–H and O–H groups in total. The van der Waals surface area contributed by atoms with E-state index in [1.165, 1.54) is 0 Å². The Bertz CT molecular complexity index is 879. The molecular weight excluding hydrogens is 340 g/mol. The van der Waals surface area contributed by atoms with Crippen molar-refractivity contribution in [2.45, 2.75) is 45.6 Å². The molecule has 3 heterocycles. The minimum absolute atomic E-state index is 0.0634. The van der Waals surface area contributed by atoms with Gasteiger partial charge in [0.05, 0.1) is 12.2 Å². The van der Waals surface area contributed by atoms with Crippen molar-refractivity contribution in [2.75, 3.05) is 6.54 Å². The molecule has 0 bridgehead atoms. The molecule has 7 nitrogen and oxygen atoms in total. The fourth-order valence-corrected chi connectivity index (χ4v) is 2.67. The fraction of sp³-hybridized carbons (Fsp3) is 0.400. The second-order valence-electron chi connectivity index (χ2n) is 7.53. The number of nitrogens with one attached hydrogen (secondary N) is 2. The van der Waals surface area contributed by atoms with Gasteiger partial charge in [0.25, 0.3) is 0 Å². The van der Waals surface area contributed by atoms with Crippen LogP contribution in [0.3, 0.4) is 0 Å². The quantitative estimate of drug-likeness (QED) is 0.657. The summed E-state index contributed by atoms with van der Waals surface area (Å²) < 4.78 is 1.93. The predicted octanol–water partition coefficient (Wildman–Crippen LogP) is 2.85. The van der Waals surface area contributed by atoms with E-state index in [2.05, 4.69) is 46.4 Å². The van der Waals surface area contributed by atoms with Gasteiger partial charge in [-0.15, -0.1) is 0 Å². The maximum absolute atomic E-state index is 11.9. The van der Waals surface area contributed by atoms with Crippen LogP contribution in [0.2, 0.25) is 0 Å². The molecule has 3 aromatic heterocycles. The van der Waals surface area contributed by atoms with E-state index in [4.69, 9.17) is 0 Å². The lowest BCUT2D eigenvalue weighted by molar-refractivity contribution is 0.240. The number of imidazole rings is 1. The number of urea groups is 1. The van der Waals surface area contributed by atoms with Gasteiger partial charge in [-0.3, -0.25) is 0 Å². The number of aryl methyl sites for hydroxylation is 1. The Morgan fingerprint density at radius 3 is 2.74 bits per heavy atom.